The maximum atomic E-state index is 11.9. The van der Waals surface area contributed by atoms with Gasteiger partial charge in [-0.15, -0.1) is 11.8 Å². The largest absolute Gasteiger partial charge is 0.398 e. The molecule has 1 unspecified atom stereocenters. The lowest BCUT2D eigenvalue weighted by atomic mass is 10.1. The number of thioether (sulfide) groups is 1. The molecule has 1 aromatic carbocycles. The molecule has 0 fully saturated rings. The summed E-state index contributed by atoms with van der Waals surface area (Å²) in [4.78, 5) is 12.8. The Morgan fingerprint density at radius 2 is 1.94 bits per heavy atom. The fourth-order valence-electron chi connectivity index (χ4n) is 1.30. The number of nitrogens with two attached hydrogens (primary N) is 1. The third-order valence-electron chi connectivity index (χ3n) is 2.09. The van der Waals surface area contributed by atoms with Gasteiger partial charge < -0.3 is 11.1 Å². The Morgan fingerprint density at radius 1 is 1.35 bits per heavy atom. The van der Waals surface area contributed by atoms with Gasteiger partial charge in [-0.1, -0.05) is 12.1 Å². The van der Waals surface area contributed by atoms with Gasteiger partial charge in [-0.05, 0) is 39.8 Å². The van der Waals surface area contributed by atoms with Crippen LogP contribution in [-0.2, 0) is 4.79 Å². The quantitative estimate of drug-likeness (QED) is 0.642. The second-order valence-electron chi connectivity index (χ2n) is 5.04. The highest BCUT2D eigenvalue weighted by Crippen LogP contribution is 2.28. The van der Waals surface area contributed by atoms with Crippen LogP contribution in [0.5, 0.6) is 0 Å². The molecule has 0 bridgehead atoms. The number of carbonyl (C=O) groups excluding carboxylic acids is 1. The van der Waals surface area contributed by atoms with Gasteiger partial charge >= 0.3 is 0 Å². The van der Waals surface area contributed by atoms with E-state index in [0.29, 0.717) is 5.69 Å². The molecule has 0 spiro atoms. The average Bonchev–Trinajstić information content (AvgIpc) is 2.18. The first-order chi connectivity index (χ1) is 7.79. The summed E-state index contributed by atoms with van der Waals surface area (Å²) in [6, 6.07) is 7.59. The number of rotatable bonds is 3. The van der Waals surface area contributed by atoms with Crippen LogP contribution < -0.4 is 11.1 Å². The number of anilines is 1. The van der Waals surface area contributed by atoms with E-state index < -0.39 is 0 Å². The van der Waals surface area contributed by atoms with Crippen LogP contribution in [0.15, 0.2) is 29.2 Å². The molecule has 0 aliphatic heterocycles. The Balaban J connectivity index is 2.64. The van der Waals surface area contributed by atoms with Crippen LogP contribution in [0.4, 0.5) is 5.69 Å². The van der Waals surface area contributed by atoms with Crippen molar-refractivity contribution in [3.8, 4) is 0 Å². The van der Waals surface area contributed by atoms with Crippen molar-refractivity contribution in [2.45, 2.75) is 43.4 Å². The van der Waals surface area contributed by atoms with Crippen LogP contribution in [0.25, 0.3) is 0 Å². The van der Waals surface area contributed by atoms with E-state index in [-0.39, 0.29) is 16.7 Å². The number of hydrogen-bond acceptors (Lipinski definition) is 3. The van der Waals surface area contributed by atoms with E-state index in [4.69, 9.17) is 5.73 Å². The van der Waals surface area contributed by atoms with Crippen LogP contribution in [0.3, 0.4) is 0 Å². The summed E-state index contributed by atoms with van der Waals surface area (Å²) in [5.74, 6) is 0.0331. The van der Waals surface area contributed by atoms with Gasteiger partial charge in [0.05, 0.1) is 5.25 Å². The zero-order valence-corrected chi connectivity index (χ0v) is 11.6. The van der Waals surface area contributed by atoms with Crippen LogP contribution in [-0.4, -0.2) is 16.7 Å². The molecule has 1 rings (SSSR count). The molecule has 0 aromatic heterocycles. The van der Waals surface area contributed by atoms with Crippen molar-refractivity contribution in [1.29, 1.82) is 0 Å². The van der Waals surface area contributed by atoms with E-state index >= 15 is 0 Å². The minimum absolute atomic E-state index is 0.0331. The van der Waals surface area contributed by atoms with Gasteiger partial charge in [0, 0.05) is 16.1 Å². The van der Waals surface area contributed by atoms with E-state index in [1.54, 1.807) is 0 Å². The van der Waals surface area contributed by atoms with Gasteiger partial charge in [0.15, 0.2) is 0 Å². The minimum atomic E-state index is -0.200. The van der Waals surface area contributed by atoms with E-state index in [1.165, 1.54) is 11.8 Å². The lowest BCUT2D eigenvalue weighted by Gasteiger charge is -2.23. The van der Waals surface area contributed by atoms with Crippen molar-refractivity contribution in [2.24, 2.45) is 0 Å². The van der Waals surface area contributed by atoms with E-state index in [1.807, 2.05) is 52.0 Å². The van der Waals surface area contributed by atoms with Crippen molar-refractivity contribution in [3.63, 3.8) is 0 Å². The number of carbonyl (C=O) groups is 1. The number of hydrogen-bond donors (Lipinski definition) is 2. The summed E-state index contributed by atoms with van der Waals surface area (Å²) < 4.78 is 0. The summed E-state index contributed by atoms with van der Waals surface area (Å²) in [7, 11) is 0. The molecule has 1 amide bonds. The molecule has 0 radical (unpaired) electrons. The van der Waals surface area contributed by atoms with Crippen molar-refractivity contribution < 1.29 is 4.79 Å². The topological polar surface area (TPSA) is 55.1 Å². The summed E-state index contributed by atoms with van der Waals surface area (Å²) in [6.45, 7) is 7.80. The third-order valence-corrected chi connectivity index (χ3v) is 3.28. The highest BCUT2D eigenvalue weighted by Gasteiger charge is 2.20. The summed E-state index contributed by atoms with van der Waals surface area (Å²) in [6.07, 6.45) is 0. The molecule has 3 nitrogen and oxygen atoms in total. The number of amides is 1. The molecule has 4 heteroatoms. The molecule has 94 valence electrons. The maximum absolute atomic E-state index is 11.9. The maximum Gasteiger partial charge on any atom is 0.233 e. The van der Waals surface area contributed by atoms with E-state index in [0.717, 1.165) is 4.90 Å². The molecule has 0 heterocycles. The molecule has 1 atom stereocenters. The SMILES string of the molecule is CC(Sc1ccccc1N)C(=O)NC(C)(C)C. The molecule has 0 aliphatic carbocycles. The fourth-order valence-corrected chi connectivity index (χ4v) is 2.21. The van der Waals surface area contributed by atoms with Gasteiger partial charge in [0.2, 0.25) is 5.91 Å². The first-order valence-electron chi connectivity index (χ1n) is 5.63. The molecule has 0 aliphatic rings. The Kier molecular flexibility index (Phi) is 4.46. The number of para-hydroxylation sites is 1. The predicted molar refractivity (Wildman–Crippen MR) is 74.1 cm³/mol. The normalized spacial score (nSPS) is 13.2. The second-order valence-corrected chi connectivity index (χ2v) is 6.42. The average molecular weight is 252 g/mol. The highest BCUT2D eigenvalue weighted by molar-refractivity contribution is 8.00. The summed E-state index contributed by atoms with van der Waals surface area (Å²) in [5, 5.41) is 2.80. The standard InChI is InChI=1S/C13H20N2OS/c1-9(12(16)15-13(2,3)4)17-11-8-6-5-7-10(11)14/h5-9H,14H2,1-4H3,(H,15,16). The van der Waals surface area contributed by atoms with E-state index in [2.05, 4.69) is 5.32 Å². The molecular weight excluding hydrogens is 232 g/mol. The van der Waals surface area contributed by atoms with Gasteiger partial charge in [0.25, 0.3) is 0 Å². The van der Waals surface area contributed by atoms with E-state index in [9.17, 15) is 4.79 Å². The molecule has 0 saturated carbocycles. The molecule has 0 saturated heterocycles. The Bertz CT molecular complexity index is 399. The highest BCUT2D eigenvalue weighted by atomic mass is 32.2. The Morgan fingerprint density at radius 3 is 2.47 bits per heavy atom. The molecule has 17 heavy (non-hydrogen) atoms. The zero-order valence-electron chi connectivity index (χ0n) is 10.8. The Hall–Kier alpha value is -1.16. The van der Waals surface area contributed by atoms with Gasteiger partial charge in [-0.25, -0.2) is 0 Å². The predicted octanol–water partition coefficient (Wildman–Crippen LogP) is 2.66. The Labute approximate surface area is 107 Å². The minimum Gasteiger partial charge on any atom is -0.398 e. The van der Waals surface area contributed by atoms with Crippen LogP contribution in [0.2, 0.25) is 0 Å². The first kappa shape index (κ1) is 13.9. The van der Waals surface area contributed by atoms with Crippen molar-refractivity contribution in [2.75, 3.05) is 5.73 Å². The zero-order chi connectivity index (χ0) is 13.1. The fraction of sp³-hybridized carbons (Fsp3) is 0.462. The van der Waals surface area contributed by atoms with Gasteiger partial charge in [-0.3, -0.25) is 4.79 Å². The van der Waals surface area contributed by atoms with Crippen molar-refractivity contribution >= 4 is 23.4 Å². The number of nitrogen functional groups attached to an aromatic ring is 1. The lowest BCUT2D eigenvalue weighted by Crippen LogP contribution is -2.44. The second kappa shape index (κ2) is 5.45. The first-order valence-corrected chi connectivity index (χ1v) is 6.51. The number of benzene rings is 1. The van der Waals surface area contributed by atoms with Crippen molar-refractivity contribution in [1.82, 2.24) is 5.32 Å². The lowest BCUT2D eigenvalue weighted by molar-refractivity contribution is -0.121. The summed E-state index contributed by atoms with van der Waals surface area (Å²) in [5.41, 5.74) is 6.36. The van der Waals surface area contributed by atoms with Crippen molar-refractivity contribution in [3.05, 3.63) is 24.3 Å². The molecular formula is C13H20N2OS. The van der Waals surface area contributed by atoms with Gasteiger partial charge in [-0.2, -0.15) is 0 Å². The van der Waals surface area contributed by atoms with Gasteiger partial charge in [0.1, 0.15) is 0 Å². The van der Waals surface area contributed by atoms with Crippen LogP contribution in [0, 0.1) is 0 Å². The monoisotopic (exact) mass is 252 g/mol. The summed E-state index contributed by atoms with van der Waals surface area (Å²) >= 11 is 1.48. The number of nitrogens with one attached hydrogen (secondary N) is 1. The molecule has 1 aromatic rings. The smallest absolute Gasteiger partial charge is 0.233 e. The van der Waals surface area contributed by atoms with Crippen LogP contribution >= 0.6 is 11.8 Å². The third kappa shape index (κ3) is 4.69. The molecule has 3 N–H and O–H groups in total. The van der Waals surface area contributed by atoms with Crippen LogP contribution in [0.1, 0.15) is 27.7 Å².